The van der Waals surface area contributed by atoms with E-state index in [0.29, 0.717) is 48.7 Å². The molecular formula is C25H32ClN5O6. The quantitative estimate of drug-likeness (QED) is 0.114. The van der Waals surface area contributed by atoms with Crippen LogP contribution in [0.2, 0.25) is 5.02 Å². The number of hydrogen-bond donors (Lipinski definition) is 6. The lowest BCUT2D eigenvalue weighted by Gasteiger charge is -2.35. The number of Topliss-reactive ketones (excluding diaryl/α,β-unsaturated/α-hetero) is 1. The molecule has 1 aromatic carbocycles. The van der Waals surface area contributed by atoms with Gasteiger partial charge in [-0.1, -0.05) is 17.7 Å². The van der Waals surface area contributed by atoms with Crippen LogP contribution in [0.3, 0.4) is 0 Å². The van der Waals surface area contributed by atoms with Gasteiger partial charge in [-0.3, -0.25) is 14.4 Å². The third-order valence-corrected chi connectivity index (χ3v) is 6.84. The first kappa shape index (κ1) is 28.0. The van der Waals surface area contributed by atoms with Crippen molar-refractivity contribution in [3.05, 3.63) is 52.7 Å². The summed E-state index contributed by atoms with van der Waals surface area (Å²) in [7, 11) is 0. The summed E-state index contributed by atoms with van der Waals surface area (Å²) < 4.78 is 0. The van der Waals surface area contributed by atoms with Gasteiger partial charge >= 0.3 is 0 Å². The standard InChI is InChI=1S/C25H32ClN5O6/c1-14(32)21(34)20-18(26)4-3-5-19(20)31-10-6-16(7-11-31)12-29-24(37)25(8-9-25)30-23(36)17(22(27)35)13-28-15(2)33/h3-5,13-14,16,32-33,35H,2,6-12,27H2,1H3,(H,29,37)(H,30,36)/b22-17-,28-13-. The van der Waals surface area contributed by atoms with Crippen LogP contribution in [0, 0.1) is 5.92 Å². The van der Waals surface area contributed by atoms with E-state index in [1.54, 1.807) is 12.1 Å². The number of benzene rings is 1. The van der Waals surface area contributed by atoms with Gasteiger partial charge in [0.25, 0.3) is 5.91 Å². The normalized spacial score (nSPS) is 18.6. The minimum Gasteiger partial charge on any atom is -0.494 e. The Morgan fingerprint density at radius 3 is 2.49 bits per heavy atom. The van der Waals surface area contributed by atoms with E-state index in [0.717, 1.165) is 19.1 Å². The van der Waals surface area contributed by atoms with Crippen molar-refractivity contribution in [2.24, 2.45) is 16.6 Å². The van der Waals surface area contributed by atoms with Crippen LogP contribution < -0.4 is 21.3 Å². The lowest BCUT2D eigenvalue weighted by atomic mass is 9.95. The highest BCUT2D eigenvalue weighted by atomic mass is 35.5. The van der Waals surface area contributed by atoms with Gasteiger partial charge in [0.2, 0.25) is 11.8 Å². The SMILES string of the molecule is C=C(O)/N=C\C(C(=O)NC1(C(=O)NCC2CCN(c3cccc(Cl)c3C(=O)C(C)O)CC2)CC1)=C(/N)O. The summed E-state index contributed by atoms with van der Waals surface area (Å²) in [5.74, 6) is -2.74. The van der Waals surface area contributed by atoms with Crippen LogP contribution >= 0.6 is 11.6 Å². The van der Waals surface area contributed by atoms with Crippen molar-refractivity contribution >= 4 is 41.1 Å². The summed E-state index contributed by atoms with van der Waals surface area (Å²) in [6, 6.07) is 5.20. The van der Waals surface area contributed by atoms with Gasteiger partial charge < -0.3 is 36.6 Å². The van der Waals surface area contributed by atoms with Gasteiger partial charge in [0.05, 0.1) is 10.6 Å². The van der Waals surface area contributed by atoms with Gasteiger partial charge in [-0.25, -0.2) is 4.99 Å². The molecule has 200 valence electrons. The number of nitrogens with zero attached hydrogens (tertiary/aromatic N) is 2. The number of aliphatic hydroxyl groups is 3. The molecule has 1 unspecified atom stereocenters. The first-order valence-corrected chi connectivity index (χ1v) is 12.3. The number of carbonyl (C=O) groups excluding carboxylic acids is 3. The average Bonchev–Trinajstić information content (AvgIpc) is 3.62. The topological polar surface area (TPSA) is 178 Å². The highest BCUT2D eigenvalue weighted by Gasteiger charge is 2.51. The Morgan fingerprint density at radius 1 is 1.30 bits per heavy atom. The molecule has 0 aromatic heterocycles. The molecule has 12 heteroatoms. The van der Waals surface area contributed by atoms with Crippen LogP contribution in [0.25, 0.3) is 0 Å². The maximum absolute atomic E-state index is 12.9. The fourth-order valence-corrected chi connectivity index (χ4v) is 4.47. The van der Waals surface area contributed by atoms with Crippen molar-refractivity contribution in [2.75, 3.05) is 24.5 Å². The second-order valence-electron chi connectivity index (χ2n) is 9.32. The van der Waals surface area contributed by atoms with Crippen molar-refractivity contribution in [3.8, 4) is 0 Å². The summed E-state index contributed by atoms with van der Waals surface area (Å²) in [5, 5.41) is 34.2. The van der Waals surface area contributed by atoms with E-state index in [1.165, 1.54) is 6.92 Å². The predicted molar refractivity (Wildman–Crippen MR) is 140 cm³/mol. The van der Waals surface area contributed by atoms with Crippen LogP contribution in [0.4, 0.5) is 5.69 Å². The highest BCUT2D eigenvalue weighted by molar-refractivity contribution is 6.35. The van der Waals surface area contributed by atoms with E-state index in [1.807, 2.05) is 6.07 Å². The van der Waals surface area contributed by atoms with E-state index >= 15 is 0 Å². The van der Waals surface area contributed by atoms with Crippen LogP contribution in [0.5, 0.6) is 0 Å². The number of carbonyl (C=O) groups is 3. The molecule has 1 saturated heterocycles. The highest BCUT2D eigenvalue weighted by Crippen LogP contribution is 2.36. The fourth-order valence-electron chi connectivity index (χ4n) is 4.21. The van der Waals surface area contributed by atoms with Crippen molar-refractivity contribution < 1.29 is 29.7 Å². The van der Waals surface area contributed by atoms with E-state index in [2.05, 4.69) is 27.1 Å². The third kappa shape index (κ3) is 6.80. The zero-order chi connectivity index (χ0) is 27.3. The summed E-state index contributed by atoms with van der Waals surface area (Å²) in [6.45, 7) is 6.26. The zero-order valence-corrected chi connectivity index (χ0v) is 21.3. The maximum atomic E-state index is 12.9. The number of hydrogen-bond acceptors (Lipinski definition) is 9. The van der Waals surface area contributed by atoms with Crippen LogP contribution in [0.15, 0.2) is 47.1 Å². The van der Waals surface area contributed by atoms with Crippen molar-refractivity contribution in [2.45, 2.75) is 44.2 Å². The Hall–Kier alpha value is -3.57. The Bertz CT molecular complexity index is 1130. The summed E-state index contributed by atoms with van der Waals surface area (Å²) in [5.41, 5.74) is 4.83. The van der Waals surface area contributed by atoms with Crippen LogP contribution in [0.1, 0.15) is 43.0 Å². The number of amides is 2. The summed E-state index contributed by atoms with van der Waals surface area (Å²) >= 11 is 6.27. The molecule has 1 aliphatic carbocycles. The number of ketones is 1. The van der Waals surface area contributed by atoms with Crippen LogP contribution in [-0.2, 0) is 9.59 Å². The minimum absolute atomic E-state index is 0.188. The second kappa shape index (κ2) is 11.7. The Balaban J connectivity index is 1.55. The first-order chi connectivity index (χ1) is 17.4. The summed E-state index contributed by atoms with van der Waals surface area (Å²) in [6.07, 6.45) is 2.08. The number of nitrogens with one attached hydrogen (secondary N) is 2. The van der Waals surface area contributed by atoms with Gasteiger partial charge in [0.1, 0.15) is 17.2 Å². The second-order valence-corrected chi connectivity index (χ2v) is 9.73. The monoisotopic (exact) mass is 533 g/mol. The lowest BCUT2D eigenvalue weighted by Crippen LogP contribution is -2.51. The number of aliphatic hydroxyl groups excluding tert-OH is 3. The average molecular weight is 534 g/mol. The fraction of sp³-hybridized carbons (Fsp3) is 0.440. The van der Waals surface area contributed by atoms with E-state index in [9.17, 15) is 24.6 Å². The zero-order valence-electron chi connectivity index (χ0n) is 20.5. The predicted octanol–water partition coefficient (Wildman–Crippen LogP) is 1.71. The van der Waals surface area contributed by atoms with Gasteiger partial charge in [-0.15, -0.1) is 0 Å². The van der Waals surface area contributed by atoms with Gasteiger partial charge in [0.15, 0.2) is 11.7 Å². The number of rotatable bonds is 10. The Kier molecular flexibility index (Phi) is 8.82. The molecule has 3 rings (SSSR count). The first-order valence-electron chi connectivity index (χ1n) is 11.9. The molecule has 1 atom stereocenters. The molecule has 37 heavy (non-hydrogen) atoms. The number of nitrogens with two attached hydrogens (primary N) is 1. The molecule has 0 bridgehead atoms. The number of piperidine rings is 1. The van der Waals surface area contributed by atoms with E-state index in [4.69, 9.17) is 22.4 Å². The number of aliphatic imine (C=N–C) groups is 1. The van der Waals surface area contributed by atoms with Gasteiger partial charge in [-0.05, 0) is 57.2 Å². The minimum atomic E-state index is -1.16. The molecule has 1 heterocycles. The molecule has 1 aliphatic heterocycles. The van der Waals surface area contributed by atoms with Gasteiger partial charge in [0, 0.05) is 31.5 Å². The van der Waals surface area contributed by atoms with Crippen molar-refractivity contribution in [1.29, 1.82) is 0 Å². The van der Waals surface area contributed by atoms with Gasteiger partial charge in [-0.2, -0.15) is 0 Å². The maximum Gasteiger partial charge on any atom is 0.259 e. The van der Waals surface area contributed by atoms with E-state index < -0.39 is 40.7 Å². The molecule has 0 radical (unpaired) electrons. The number of halogens is 1. The van der Waals surface area contributed by atoms with E-state index in [-0.39, 0.29) is 11.8 Å². The van der Waals surface area contributed by atoms with Crippen LogP contribution in [-0.4, -0.2) is 70.4 Å². The van der Waals surface area contributed by atoms with Crippen molar-refractivity contribution in [1.82, 2.24) is 10.6 Å². The molecule has 2 fully saturated rings. The largest absolute Gasteiger partial charge is 0.494 e. The lowest BCUT2D eigenvalue weighted by molar-refractivity contribution is -0.128. The Labute approximate surface area is 219 Å². The molecule has 2 aliphatic rings. The summed E-state index contributed by atoms with van der Waals surface area (Å²) in [4.78, 5) is 43.4. The smallest absolute Gasteiger partial charge is 0.259 e. The third-order valence-electron chi connectivity index (χ3n) is 6.52. The number of anilines is 1. The molecule has 1 aromatic rings. The molecule has 0 spiro atoms. The molecule has 2 amide bonds. The van der Waals surface area contributed by atoms with Crippen molar-refractivity contribution in [3.63, 3.8) is 0 Å². The molecule has 1 saturated carbocycles. The molecule has 7 N–H and O–H groups in total. The molecular weight excluding hydrogens is 502 g/mol. The molecule has 11 nitrogen and oxygen atoms in total. The Morgan fingerprint density at radius 2 is 1.95 bits per heavy atom.